The van der Waals surface area contributed by atoms with Crippen LogP contribution in [0.3, 0.4) is 0 Å². The molecule has 0 unspecified atom stereocenters. The highest BCUT2D eigenvalue weighted by atomic mass is 19.1. The fourth-order valence-electron chi connectivity index (χ4n) is 8.82. The van der Waals surface area contributed by atoms with E-state index in [1.165, 1.54) is 53.2 Å². The van der Waals surface area contributed by atoms with Crippen molar-refractivity contribution in [1.82, 2.24) is 19.8 Å². The Morgan fingerprint density at radius 1 is 0.524 bits per heavy atom. The molecule has 4 heterocycles. The number of carbonyl (C=O) groups is 1. The Hall–Kier alpha value is -6.14. The number of nitrogens with zero attached hydrogens (tertiary/aromatic N) is 6. The maximum atomic E-state index is 13.5. The Labute approximate surface area is 367 Å². The lowest BCUT2D eigenvalue weighted by atomic mass is 9.82. The van der Waals surface area contributed by atoms with Gasteiger partial charge in [-0.2, -0.15) is 0 Å². The highest BCUT2D eigenvalue weighted by molar-refractivity contribution is 5.96. The number of hydrogen-bond acceptors (Lipinski definition) is 8. The summed E-state index contributed by atoms with van der Waals surface area (Å²) in [6.45, 7) is 9.31. The van der Waals surface area contributed by atoms with E-state index < -0.39 is 5.60 Å². The molecule has 2 aromatic heterocycles. The average molecular weight is 851 g/mol. The van der Waals surface area contributed by atoms with Crippen LogP contribution in [0.1, 0.15) is 47.2 Å². The molecule has 2 aliphatic rings. The Kier molecular flexibility index (Phi) is 14.1. The number of fused-ring (bicyclic) bond motifs is 2. The number of halogens is 3. The van der Waals surface area contributed by atoms with Crippen LogP contribution >= 0.6 is 0 Å². The van der Waals surface area contributed by atoms with E-state index in [1.807, 2.05) is 24.5 Å². The van der Waals surface area contributed by atoms with Gasteiger partial charge in [0.2, 0.25) is 0 Å². The van der Waals surface area contributed by atoms with Gasteiger partial charge in [-0.3, -0.25) is 24.6 Å². The van der Waals surface area contributed by atoms with Crippen molar-refractivity contribution in [2.45, 2.75) is 31.3 Å². The van der Waals surface area contributed by atoms with Crippen LogP contribution < -0.4 is 9.80 Å². The van der Waals surface area contributed by atoms with Crippen LogP contribution in [0.2, 0.25) is 0 Å². The highest BCUT2D eigenvalue weighted by Gasteiger charge is 2.32. The molecule has 2 aliphatic heterocycles. The molecule has 0 atom stereocenters. The largest absolute Gasteiger partial charge is 0.380 e. The van der Waals surface area contributed by atoms with Gasteiger partial charge in [0, 0.05) is 87.5 Å². The van der Waals surface area contributed by atoms with E-state index in [0.29, 0.717) is 29.5 Å². The highest BCUT2D eigenvalue weighted by Crippen LogP contribution is 2.35. The number of para-hydroxylation sites is 2. The number of rotatable bonds is 13. The summed E-state index contributed by atoms with van der Waals surface area (Å²) in [4.78, 5) is 31.0. The van der Waals surface area contributed by atoms with Crippen LogP contribution in [0.4, 0.5) is 24.5 Å². The van der Waals surface area contributed by atoms with Crippen molar-refractivity contribution in [1.29, 1.82) is 0 Å². The minimum absolute atomic E-state index is 0.0838. The molecule has 0 aliphatic carbocycles. The number of piperazine rings is 2. The number of anilines is 2. The number of benzene rings is 5. The SMILES string of the molecule is O=C(CCCN1CCN(c2cccc3cccnc23)CC1)c1ccc(F)cc1.OC(CCCN1CCN(c2cccc3cccnc23)CC1)(c1ccc(F)cc1)c1ccc(F)cc1. The smallest absolute Gasteiger partial charge is 0.162 e. The van der Waals surface area contributed by atoms with Crippen LogP contribution in [0.5, 0.6) is 0 Å². The second-order valence-corrected chi connectivity index (χ2v) is 16.4. The van der Waals surface area contributed by atoms with Crippen LogP contribution in [0.25, 0.3) is 21.8 Å². The first kappa shape index (κ1) is 43.5. The average Bonchev–Trinajstić information content (AvgIpc) is 3.32. The van der Waals surface area contributed by atoms with Crippen LogP contribution in [0, 0.1) is 17.5 Å². The fourth-order valence-corrected chi connectivity index (χ4v) is 8.82. The molecular weight excluding hydrogens is 798 g/mol. The molecule has 9 rings (SSSR count). The summed E-state index contributed by atoms with van der Waals surface area (Å²) < 4.78 is 40.0. The summed E-state index contributed by atoms with van der Waals surface area (Å²) in [5.74, 6) is -0.930. The third-order valence-corrected chi connectivity index (χ3v) is 12.3. The zero-order valence-electron chi connectivity index (χ0n) is 35.4. The molecule has 2 fully saturated rings. The van der Waals surface area contributed by atoms with E-state index in [2.05, 4.69) is 78.1 Å². The summed E-state index contributed by atoms with van der Waals surface area (Å²) in [5.41, 5.74) is 4.97. The monoisotopic (exact) mass is 850 g/mol. The molecule has 11 heteroatoms. The lowest BCUT2D eigenvalue weighted by molar-refractivity contribution is 0.0643. The van der Waals surface area contributed by atoms with E-state index in [1.54, 1.807) is 36.4 Å². The van der Waals surface area contributed by atoms with Crippen molar-refractivity contribution in [3.05, 3.63) is 180 Å². The number of ketones is 1. The summed E-state index contributed by atoms with van der Waals surface area (Å²) in [7, 11) is 0. The molecule has 0 bridgehead atoms. The molecular formula is C52H53F3N6O2. The third kappa shape index (κ3) is 10.7. The Morgan fingerprint density at radius 2 is 0.937 bits per heavy atom. The number of aromatic nitrogens is 2. The lowest BCUT2D eigenvalue weighted by Crippen LogP contribution is -2.47. The first-order chi connectivity index (χ1) is 30.7. The Morgan fingerprint density at radius 3 is 1.40 bits per heavy atom. The van der Waals surface area contributed by atoms with Crippen LogP contribution in [-0.4, -0.2) is 96.1 Å². The fraction of sp³-hybridized carbons (Fsp3) is 0.288. The standard InChI is InChI=1S/C29H29F2N3O.C23H24FN3O/c30-25-11-7-23(8-12-25)29(35,24-9-13-26(31)14-10-24)15-3-17-33-18-20-34(21-19-33)27-6-1-4-22-5-2-16-32-28(22)27;24-20-10-8-18(9-11-20)22(28)7-3-13-26-14-16-27(17-15-26)21-6-1-4-19-5-2-12-25-23(19)21/h1-2,4-14,16,35H,3,15,17-21H2;1-2,4-6,8-12H,3,7,13-17H2. The van der Waals surface area contributed by atoms with E-state index >= 15 is 0 Å². The molecule has 5 aromatic carbocycles. The van der Waals surface area contributed by atoms with Crippen LogP contribution in [0.15, 0.2) is 146 Å². The maximum Gasteiger partial charge on any atom is 0.162 e. The van der Waals surface area contributed by atoms with E-state index in [0.717, 1.165) is 94.7 Å². The van der Waals surface area contributed by atoms with Gasteiger partial charge < -0.3 is 14.9 Å². The van der Waals surface area contributed by atoms with Crippen molar-refractivity contribution in [2.75, 3.05) is 75.2 Å². The normalized spacial score (nSPS) is 15.0. The zero-order chi connectivity index (χ0) is 43.6. The molecule has 0 spiro atoms. The predicted molar refractivity (Wildman–Crippen MR) is 246 cm³/mol. The van der Waals surface area contributed by atoms with Gasteiger partial charge in [0.15, 0.2) is 5.78 Å². The summed E-state index contributed by atoms with van der Waals surface area (Å²) in [6.07, 6.45) is 6.22. The maximum absolute atomic E-state index is 13.5. The van der Waals surface area contributed by atoms with E-state index in [-0.39, 0.29) is 23.2 Å². The van der Waals surface area contributed by atoms with Gasteiger partial charge in [0.05, 0.1) is 22.4 Å². The Balaban J connectivity index is 0.000000177. The van der Waals surface area contributed by atoms with Gasteiger partial charge >= 0.3 is 0 Å². The van der Waals surface area contributed by atoms with Gasteiger partial charge in [-0.05, 0) is 116 Å². The summed E-state index contributed by atoms with van der Waals surface area (Å²) in [6, 6.07) is 38.4. The van der Waals surface area contributed by atoms with E-state index in [4.69, 9.17) is 0 Å². The second kappa shape index (κ2) is 20.4. The molecule has 0 radical (unpaired) electrons. The molecule has 63 heavy (non-hydrogen) atoms. The van der Waals surface area contributed by atoms with Crippen molar-refractivity contribution in [2.24, 2.45) is 0 Å². The molecule has 8 nitrogen and oxygen atoms in total. The van der Waals surface area contributed by atoms with Crippen LogP contribution in [-0.2, 0) is 5.60 Å². The Bertz CT molecular complexity index is 2520. The first-order valence-electron chi connectivity index (χ1n) is 21.9. The molecule has 0 saturated carbocycles. The van der Waals surface area contributed by atoms with Gasteiger partial charge in [-0.25, -0.2) is 13.2 Å². The number of Topliss-reactive ketones (excluding diaryl/α,β-unsaturated/α-hetero) is 1. The predicted octanol–water partition coefficient (Wildman–Crippen LogP) is 9.51. The molecule has 2 saturated heterocycles. The van der Waals surface area contributed by atoms with Gasteiger partial charge in [0.25, 0.3) is 0 Å². The molecule has 1 N–H and O–H groups in total. The van der Waals surface area contributed by atoms with Crippen molar-refractivity contribution >= 4 is 39.0 Å². The van der Waals surface area contributed by atoms with Crippen molar-refractivity contribution < 1.29 is 23.1 Å². The molecule has 7 aromatic rings. The van der Waals surface area contributed by atoms with Crippen molar-refractivity contribution in [3.63, 3.8) is 0 Å². The number of carbonyl (C=O) groups excluding carboxylic acids is 1. The first-order valence-corrected chi connectivity index (χ1v) is 21.9. The third-order valence-electron chi connectivity index (χ3n) is 12.3. The number of pyridine rings is 2. The second-order valence-electron chi connectivity index (χ2n) is 16.4. The van der Waals surface area contributed by atoms with Gasteiger partial charge in [-0.15, -0.1) is 0 Å². The topological polar surface area (TPSA) is 76.0 Å². The summed E-state index contributed by atoms with van der Waals surface area (Å²) in [5, 5.41) is 14.0. The minimum atomic E-state index is -1.31. The minimum Gasteiger partial charge on any atom is -0.380 e. The summed E-state index contributed by atoms with van der Waals surface area (Å²) >= 11 is 0. The van der Waals surface area contributed by atoms with Gasteiger partial charge in [0.1, 0.15) is 23.1 Å². The van der Waals surface area contributed by atoms with Crippen molar-refractivity contribution in [3.8, 4) is 0 Å². The van der Waals surface area contributed by atoms with E-state index in [9.17, 15) is 23.1 Å². The zero-order valence-corrected chi connectivity index (χ0v) is 35.4. The molecule has 324 valence electrons. The lowest BCUT2D eigenvalue weighted by Gasteiger charge is -2.37. The number of hydrogen-bond donors (Lipinski definition) is 1. The molecule has 0 amide bonds. The number of aliphatic hydroxyl groups is 1. The van der Waals surface area contributed by atoms with Gasteiger partial charge in [-0.1, -0.05) is 60.7 Å². The quantitative estimate of drug-likeness (QED) is 0.115.